The van der Waals surface area contributed by atoms with Crippen molar-refractivity contribution in [2.24, 2.45) is 17.3 Å². The van der Waals surface area contributed by atoms with Gasteiger partial charge < -0.3 is 4.74 Å². The van der Waals surface area contributed by atoms with E-state index in [1.54, 1.807) is 6.92 Å². The molecule has 0 aliphatic heterocycles. The second-order valence-electron chi connectivity index (χ2n) is 8.11. The smallest absolute Gasteiger partial charge is 0.279 e. The van der Waals surface area contributed by atoms with E-state index in [1.165, 1.54) is 24.3 Å². The van der Waals surface area contributed by atoms with E-state index < -0.39 is 12.0 Å². The number of ether oxygens (including phenoxy) is 1. The number of halogens is 1. The van der Waals surface area contributed by atoms with Crippen LogP contribution in [0.3, 0.4) is 0 Å². The average Bonchev–Trinajstić information content (AvgIpc) is 2.60. The molecule has 0 heterocycles. The van der Waals surface area contributed by atoms with Gasteiger partial charge in [0, 0.05) is 5.92 Å². The molecule has 2 N–H and O–H groups in total. The number of benzene rings is 1. The average molecular weight is 364 g/mol. The van der Waals surface area contributed by atoms with Gasteiger partial charge in [0.25, 0.3) is 5.91 Å². The standard InChI is InChI=1S/C20H29FN2O3/c1-13(26-17-11-9-16(21)10-12-17)18(24)22-23-19(25)14-5-7-15(8-6-14)20(2,3)4/h9-15H,5-8H2,1-4H3,(H,22,24)(H,23,25). The summed E-state index contributed by atoms with van der Waals surface area (Å²) in [6.07, 6.45) is 2.92. The lowest BCUT2D eigenvalue weighted by atomic mass is 9.70. The molecule has 6 heteroatoms. The Morgan fingerprint density at radius 3 is 2.19 bits per heavy atom. The minimum atomic E-state index is -0.808. The van der Waals surface area contributed by atoms with Gasteiger partial charge in [0.2, 0.25) is 5.91 Å². The number of carbonyl (C=O) groups is 2. The highest BCUT2D eigenvalue weighted by atomic mass is 19.1. The summed E-state index contributed by atoms with van der Waals surface area (Å²) in [5, 5.41) is 0. The second-order valence-corrected chi connectivity index (χ2v) is 8.11. The van der Waals surface area contributed by atoms with Crippen LogP contribution in [0.2, 0.25) is 0 Å². The maximum absolute atomic E-state index is 12.9. The van der Waals surface area contributed by atoms with Gasteiger partial charge in [-0.05, 0) is 68.2 Å². The van der Waals surface area contributed by atoms with Crippen molar-refractivity contribution in [2.45, 2.75) is 59.5 Å². The summed E-state index contributed by atoms with van der Waals surface area (Å²) in [5.74, 6) is -0.0259. The van der Waals surface area contributed by atoms with Crippen LogP contribution in [0.25, 0.3) is 0 Å². The predicted molar refractivity (Wildman–Crippen MR) is 97.7 cm³/mol. The van der Waals surface area contributed by atoms with Gasteiger partial charge in [-0.3, -0.25) is 20.4 Å². The third-order valence-electron chi connectivity index (χ3n) is 5.13. The van der Waals surface area contributed by atoms with Crippen molar-refractivity contribution in [3.05, 3.63) is 30.1 Å². The van der Waals surface area contributed by atoms with Crippen molar-refractivity contribution in [3.63, 3.8) is 0 Å². The van der Waals surface area contributed by atoms with Crippen LogP contribution >= 0.6 is 0 Å². The third kappa shape index (κ3) is 5.71. The van der Waals surface area contributed by atoms with E-state index in [4.69, 9.17) is 4.74 Å². The molecule has 144 valence electrons. The van der Waals surface area contributed by atoms with Crippen LogP contribution in [-0.2, 0) is 9.59 Å². The lowest BCUT2D eigenvalue weighted by molar-refractivity contribution is -0.135. The lowest BCUT2D eigenvalue weighted by Gasteiger charge is -2.36. The van der Waals surface area contributed by atoms with Crippen LogP contribution in [-0.4, -0.2) is 17.9 Å². The van der Waals surface area contributed by atoms with Crippen LogP contribution in [0, 0.1) is 23.1 Å². The van der Waals surface area contributed by atoms with Crippen LogP contribution < -0.4 is 15.6 Å². The Labute approximate surface area is 154 Å². The Kier molecular flexibility index (Phi) is 6.62. The van der Waals surface area contributed by atoms with Crippen molar-refractivity contribution in [1.82, 2.24) is 10.9 Å². The molecule has 1 aliphatic carbocycles. The molecule has 1 atom stereocenters. The Hall–Kier alpha value is -2.11. The topological polar surface area (TPSA) is 67.4 Å². The van der Waals surface area contributed by atoms with Crippen molar-refractivity contribution in [3.8, 4) is 5.75 Å². The van der Waals surface area contributed by atoms with Gasteiger partial charge in [0.15, 0.2) is 6.10 Å². The van der Waals surface area contributed by atoms with Gasteiger partial charge in [0.05, 0.1) is 0 Å². The number of hydrazine groups is 1. The molecule has 0 spiro atoms. The minimum Gasteiger partial charge on any atom is -0.481 e. The Morgan fingerprint density at radius 2 is 1.65 bits per heavy atom. The molecule has 1 aromatic carbocycles. The number of hydrogen-bond acceptors (Lipinski definition) is 3. The van der Waals surface area contributed by atoms with E-state index in [9.17, 15) is 14.0 Å². The normalized spacial score (nSPS) is 21.6. The van der Waals surface area contributed by atoms with Gasteiger partial charge in [-0.15, -0.1) is 0 Å². The fraction of sp³-hybridized carbons (Fsp3) is 0.600. The first-order chi connectivity index (χ1) is 12.2. The van der Waals surface area contributed by atoms with Crippen molar-refractivity contribution in [1.29, 1.82) is 0 Å². The van der Waals surface area contributed by atoms with E-state index in [2.05, 4.69) is 31.6 Å². The maximum atomic E-state index is 12.9. The molecule has 0 aromatic heterocycles. The van der Waals surface area contributed by atoms with E-state index in [0.717, 1.165) is 25.7 Å². The zero-order chi connectivity index (χ0) is 19.3. The summed E-state index contributed by atoms with van der Waals surface area (Å²) in [7, 11) is 0. The van der Waals surface area contributed by atoms with E-state index in [-0.39, 0.29) is 23.1 Å². The molecular formula is C20H29FN2O3. The maximum Gasteiger partial charge on any atom is 0.279 e. The number of hydrogen-bond donors (Lipinski definition) is 2. The van der Waals surface area contributed by atoms with Gasteiger partial charge >= 0.3 is 0 Å². The van der Waals surface area contributed by atoms with Crippen LogP contribution in [0.15, 0.2) is 24.3 Å². The first kappa shape index (κ1) is 20.2. The Morgan fingerprint density at radius 1 is 1.08 bits per heavy atom. The highest BCUT2D eigenvalue weighted by Gasteiger charge is 2.32. The highest BCUT2D eigenvalue weighted by Crippen LogP contribution is 2.39. The lowest BCUT2D eigenvalue weighted by Crippen LogP contribution is -2.49. The number of rotatable bonds is 4. The highest BCUT2D eigenvalue weighted by molar-refractivity contribution is 5.85. The fourth-order valence-electron chi connectivity index (χ4n) is 3.32. The Bertz CT molecular complexity index is 617. The fourth-order valence-corrected chi connectivity index (χ4v) is 3.32. The quantitative estimate of drug-likeness (QED) is 0.802. The number of carbonyl (C=O) groups excluding carboxylic acids is 2. The monoisotopic (exact) mass is 364 g/mol. The number of nitrogens with one attached hydrogen (secondary N) is 2. The van der Waals surface area contributed by atoms with E-state index >= 15 is 0 Å². The van der Waals surface area contributed by atoms with Crippen LogP contribution in [0.4, 0.5) is 4.39 Å². The second kappa shape index (κ2) is 8.52. The summed E-state index contributed by atoms with van der Waals surface area (Å²) >= 11 is 0. The van der Waals surface area contributed by atoms with Gasteiger partial charge in [0.1, 0.15) is 11.6 Å². The van der Waals surface area contributed by atoms with Gasteiger partial charge in [-0.25, -0.2) is 4.39 Å². The molecule has 0 radical (unpaired) electrons. The van der Waals surface area contributed by atoms with E-state index in [0.29, 0.717) is 11.7 Å². The van der Waals surface area contributed by atoms with E-state index in [1.807, 2.05) is 0 Å². The molecule has 2 amide bonds. The molecule has 1 fully saturated rings. The zero-order valence-corrected chi connectivity index (χ0v) is 16.0. The molecule has 0 bridgehead atoms. The van der Waals surface area contributed by atoms with Gasteiger partial charge in [-0.2, -0.15) is 0 Å². The van der Waals surface area contributed by atoms with Crippen molar-refractivity contribution >= 4 is 11.8 Å². The van der Waals surface area contributed by atoms with Gasteiger partial charge in [-0.1, -0.05) is 20.8 Å². The summed E-state index contributed by atoms with van der Waals surface area (Å²) in [4.78, 5) is 24.3. The summed E-state index contributed by atoms with van der Waals surface area (Å²) < 4.78 is 18.3. The zero-order valence-electron chi connectivity index (χ0n) is 16.0. The van der Waals surface area contributed by atoms with Crippen LogP contribution in [0.1, 0.15) is 53.4 Å². The SMILES string of the molecule is CC(Oc1ccc(F)cc1)C(=O)NNC(=O)C1CCC(C(C)(C)C)CC1. The molecule has 1 unspecified atom stereocenters. The molecule has 0 saturated heterocycles. The molecule has 1 saturated carbocycles. The minimum absolute atomic E-state index is 0.0674. The molecule has 2 rings (SSSR count). The first-order valence-electron chi connectivity index (χ1n) is 9.18. The summed E-state index contributed by atoms with van der Waals surface area (Å²) in [5.41, 5.74) is 5.18. The molecule has 1 aromatic rings. The number of amides is 2. The third-order valence-corrected chi connectivity index (χ3v) is 5.13. The Balaban J connectivity index is 1.74. The van der Waals surface area contributed by atoms with Crippen molar-refractivity contribution in [2.75, 3.05) is 0 Å². The molecule has 5 nitrogen and oxygen atoms in total. The molecular weight excluding hydrogens is 335 g/mol. The predicted octanol–water partition coefficient (Wildman–Crippen LogP) is 3.59. The summed E-state index contributed by atoms with van der Waals surface area (Å²) in [6.45, 7) is 8.28. The molecule has 26 heavy (non-hydrogen) atoms. The van der Waals surface area contributed by atoms with Crippen molar-refractivity contribution < 1.29 is 18.7 Å². The largest absolute Gasteiger partial charge is 0.481 e. The summed E-state index contributed by atoms with van der Waals surface area (Å²) in [6, 6.07) is 5.42. The van der Waals surface area contributed by atoms with Crippen LogP contribution in [0.5, 0.6) is 5.75 Å². The first-order valence-corrected chi connectivity index (χ1v) is 9.18. The molecule has 1 aliphatic rings.